The SMILES string of the molecule is CC1(c2ccc3c(c2)S(=O)(=O)CC3)CCCN1. The third-order valence-corrected chi connectivity index (χ3v) is 5.84. The van der Waals surface area contributed by atoms with Crippen molar-refractivity contribution in [1.82, 2.24) is 5.32 Å². The Labute approximate surface area is 102 Å². The van der Waals surface area contributed by atoms with Crippen LogP contribution in [-0.2, 0) is 21.8 Å². The van der Waals surface area contributed by atoms with Crippen LogP contribution in [0.3, 0.4) is 0 Å². The van der Waals surface area contributed by atoms with Gasteiger partial charge in [-0.3, -0.25) is 0 Å². The molecule has 4 heteroatoms. The Balaban J connectivity index is 2.10. The van der Waals surface area contributed by atoms with Crippen LogP contribution in [0.5, 0.6) is 0 Å². The van der Waals surface area contributed by atoms with Gasteiger partial charge in [-0.05, 0) is 49.9 Å². The summed E-state index contributed by atoms with van der Waals surface area (Å²) >= 11 is 0. The van der Waals surface area contributed by atoms with Crippen molar-refractivity contribution in [2.75, 3.05) is 12.3 Å². The highest BCUT2D eigenvalue weighted by atomic mass is 32.2. The molecule has 1 N–H and O–H groups in total. The molecule has 2 aliphatic rings. The first-order valence-corrected chi connectivity index (χ1v) is 7.78. The molecule has 1 saturated heterocycles. The first-order valence-electron chi connectivity index (χ1n) is 6.12. The molecule has 2 aliphatic heterocycles. The van der Waals surface area contributed by atoms with Crippen LogP contribution in [0.25, 0.3) is 0 Å². The predicted molar refractivity (Wildman–Crippen MR) is 66.8 cm³/mol. The minimum Gasteiger partial charge on any atom is -0.308 e. The van der Waals surface area contributed by atoms with Crippen LogP contribution < -0.4 is 5.32 Å². The highest BCUT2D eigenvalue weighted by Gasteiger charge is 2.33. The Morgan fingerprint density at radius 2 is 2.18 bits per heavy atom. The fourth-order valence-corrected chi connectivity index (χ4v) is 4.47. The van der Waals surface area contributed by atoms with Gasteiger partial charge in [-0.25, -0.2) is 8.42 Å². The maximum absolute atomic E-state index is 11.9. The molecule has 1 fully saturated rings. The Kier molecular flexibility index (Phi) is 2.35. The highest BCUT2D eigenvalue weighted by Crippen LogP contribution is 2.34. The standard InChI is InChI=1S/C13H17NO2S/c1-13(6-2-7-14-13)11-4-3-10-5-8-17(15,16)12(10)9-11/h3-4,9,14H,2,5-8H2,1H3. The van der Waals surface area contributed by atoms with Crippen molar-refractivity contribution in [1.29, 1.82) is 0 Å². The molecular weight excluding hydrogens is 234 g/mol. The number of rotatable bonds is 1. The molecule has 0 aromatic heterocycles. The minimum absolute atomic E-state index is 0.0485. The average molecular weight is 251 g/mol. The van der Waals surface area contributed by atoms with Crippen molar-refractivity contribution < 1.29 is 8.42 Å². The number of hydrogen-bond donors (Lipinski definition) is 1. The second-order valence-corrected chi connectivity index (χ2v) is 7.33. The summed E-state index contributed by atoms with van der Waals surface area (Å²) < 4.78 is 23.8. The van der Waals surface area contributed by atoms with Gasteiger partial charge in [-0.2, -0.15) is 0 Å². The molecule has 0 amide bonds. The number of nitrogens with one attached hydrogen (secondary N) is 1. The van der Waals surface area contributed by atoms with Gasteiger partial charge in [0.05, 0.1) is 10.6 Å². The van der Waals surface area contributed by atoms with Gasteiger partial charge in [-0.15, -0.1) is 0 Å². The van der Waals surface area contributed by atoms with Gasteiger partial charge in [0.15, 0.2) is 9.84 Å². The van der Waals surface area contributed by atoms with Crippen molar-refractivity contribution in [3.05, 3.63) is 29.3 Å². The molecule has 0 aliphatic carbocycles. The van der Waals surface area contributed by atoms with Gasteiger partial charge < -0.3 is 5.32 Å². The summed E-state index contributed by atoms with van der Waals surface area (Å²) in [7, 11) is -3.01. The molecule has 2 heterocycles. The molecule has 0 saturated carbocycles. The van der Waals surface area contributed by atoms with E-state index in [1.807, 2.05) is 12.1 Å². The van der Waals surface area contributed by atoms with Crippen LogP contribution in [0.15, 0.2) is 23.1 Å². The average Bonchev–Trinajstić information content (AvgIpc) is 2.85. The molecule has 3 nitrogen and oxygen atoms in total. The largest absolute Gasteiger partial charge is 0.308 e. The molecule has 1 aromatic rings. The molecule has 17 heavy (non-hydrogen) atoms. The van der Waals surface area contributed by atoms with Gasteiger partial charge in [0.2, 0.25) is 0 Å². The summed E-state index contributed by atoms with van der Waals surface area (Å²) in [5.74, 6) is 0.274. The number of aryl methyl sites for hydroxylation is 1. The van der Waals surface area contributed by atoms with E-state index in [0.717, 1.165) is 30.5 Å². The van der Waals surface area contributed by atoms with Crippen molar-refractivity contribution in [2.45, 2.75) is 36.6 Å². The molecule has 0 radical (unpaired) electrons. The zero-order chi connectivity index (χ0) is 12.1. The van der Waals surface area contributed by atoms with Crippen LogP contribution in [0.2, 0.25) is 0 Å². The van der Waals surface area contributed by atoms with E-state index in [1.54, 1.807) is 0 Å². The van der Waals surface area contributed by atoms with Gasteiger partial charge >= 0.3 is 0 Å². The van der Waals surface area contributed by atoms with E-state index in [4.69, 9.17) is 0 Å². The lowest BCUT2D eigenvalue weighted by molar-refractivity contribution is 0.433. The maximum Gasteiger partial charge on any atom is 0.178 e. The Morgan fingerprint density at radius 3 is 2.88 bits per heavy atom. The topological polar surface area (TPSA) is 46.2 Å². The second kappa shape index (κ2) is 3.56. The van der Waals surface area contributed by atoms with E-state index >= 15 is 0 Å². The monoisotopic (exact) mass is 251 g/mol. The van der Waals surface area contributed by atoms with E-state index < -0.39 is 9.84 Å². The lowest BCUT2D eigenvalue weighted by Gasteiger charge is -2.25. The summed E-state index contributed by atoms with van der Waals surface area (Å²) in [6.45, 7) is 3.17. The fraction of sp³-hybridized carbons (Fsp3) is 0.538. The Morgan fingerprint density at radius 1 is 1.35 bits per heavy atom. The van der Waals surface area contributed by atoms with Crippen LogP contribution >= 0.6 is 0 Å². The number of sulfone groups is 1. The Bertz CT molecular complexity index is 557. The molecule has 0 bridgehead atoms. The van der Waals surface area contributed by atoms with E-state index in [2.05, 4.69) is 18.3 Å². The number of hydrogen-bond acceptors (Lipinski definition) is 3. The zero-order valence-electron chi connectivity index (χ0n) is 9.99. The van der Waals surface area contributed by atoms with Gasteiger partial charge in [0, 0.05) is 5.54 Å². The summed E-state index contributed by atoms with van der Waals surface area (Å²) in [6, 6.07) is 5.95. The minimum atomic E-state index is -3.01. The van der Waals surface area contributed by atoms with Crippen molar-refractivity contribution in [3.63, 3.8) is 0 Å². The van der Waals surface area contributed by atoms with Gasteiger partial charge in [0.25, 0.3) is 0 Å². The van der Waals surface area contributed by atoms with Crippen molar-refractivity contribution in [3.8, 4) is 0 Å². The summed E-state index contributed by atoms with van der Waals surface area (Å²) in [6.07, 6.45) is 2.90. The normalized spacial score (nSPS) is 30.4. The van der Waals surface area contributed by atoms with E-state index in [9.17, 15) is 8.42 Å². The number of fused-ring (bicyclic) bond motifs is 1. The summed E-state index contributed by atoms with van der Waals surface area (Å²) in [5.41, 5.74) is 2.04. The predicted octanol–water partition coefficient (Wildman–Crippen LogP) is 1.61. The molecule has 1 aromatic carbocycles. The first-order chi connectivity index (χ1) is 8.01. The quantitative estimate of drug-likeness (QED) is 0.825. The van der Waals surface area contributed by atoms with E-state index in [0.29, 0.717) is 11.3 Å². The molecule has 1 unspecified atom stereocenters. The van der Waals surface area contributed by atoms with Crippen molar-refractivity contribution in [2.24, 2.45) is 0 Å². The smallest absolute Gasteiger partial charge is 0.178 e. The van der Waals surface area contributed by atoms with E-state index in [-0.39, 0.29) is 11.3 Å². The van der Waals surface area contributed by atoms with E-state index in [1.165, 1.54) is 0 Å². The van der Waals surface area contributed by atoms with Crippen LogP contribution in [0.4, 0.5) is 0 Å². The third kappa shape index (κ3) is 1.70. The summed E-state index contributed by atoms with van der Waals surface area (Å²) in [4.78, 5) is 0.560. The van der Waals surface area contributed by atoms with Crippen LogP contribution in [0, 0.1) is 0 Å². The molecule has 92 valence electrons. The highest BCUT2D eigenvalue weighted by molar-refractivity contribution is 7.91. The maximum atomic E-state index is 11.9. The van der Waals surface area contributed by atoms with Gasteiger partial charge in [0.1, 0.15) is 0 Å². The zero-order valence-corrected chi connectivity index (χ0v) is 10.8. The second-order valence-electron chi connectivity index (χ2n) is 5.25. The number of benzene rings is 1. The van der Waals surface area contributed by atoms with Crippen LogP contribution in [-0.4, -0.2) is 20.7 Å². The molecule has 3 rings (SSSR count). The Hall–Kier alpha value is -0.870. The van der Waals surface area contributed by atoms with Crippen molar-refractivity contribution >= 4 is 9.84 Å². The summed E-state index contributed by atoms with van der Waals surface area (Å²) in [5, 5.41) is 3.47. The first kappa shape index (κ1) is 11.2. The fourth-order valence-electron chi connectivity index (χ4n) is 2.89. The molecular formula is C13H17NO2S. The lowest BCUT2D eigenvalue weighted by atomic mass is 9.90. The lowest BCUT2D eigenvalue weighted by Crippen LogP contribution is -2.33. The van der Waals surface area contributed by atoms with Crippen LogP contribution in [0.1, 0.15) is 30.9 Å². The molecule has 1 atom stereocenters. The van der Waals surface area contributed by atoms with Gasteiger partial charge in [-0.1, -0.05) is 12.1 Å². The molecule has 0 spiro atoms. The third-order valence-electron chi connectivity index (χ3n) is 4.05.